The summed E-state index contributed by atoms with van der Waals surface area (Å²) in [7, 11) is 0. The Kier molecular flexibility index (Phi) is 3.75. The molecule has 1 unspecified atom stereocenters. The van der Waals surface area contributed by atoms with Crippen molar-refractivity contribution in [3.8, 4) is 0 Å². The van der Waals surface area contributed by atoms with Gasteiger partial charge in [0.1, 0.15) is 0 Å². The van der Waals surface area contributed by atoms with E-state index in [1.54, 1.807) is 12.1 Å². The van der Waals surface area contributed by atoms with E-state index in [9.17, 15) is 4.79 Å². The van der Waals surface area contributed by atoms with Gasteiger partial charge < -0.3 is 15.7 Å². The first-order valence-electron chi connectivity index (χ1n) is 6.49. The summed E-state index contributed by atoms with van der Waals surface area (Å²) < 4.78 is 0. The molecule has 1 aliphatic heterocycles. The lowest BCUT2D eigenvalue weighted by molar-refractivity contribution is 0.0698. The Hall–Kier alpha value is -1.71. The van der Waals surface area contributed by atoms with Crippen LogP contribution in [0, 0.1) is 0 Å². The summed E-state index contributed by atoms with van der Waals surface area (Å²) in [5.41, 5.74) is 7.18. The molecule has 0 aromatic heterocycles. The van der Waals surface area contributed by atoms with Gasteiger partial charge in [0.2, 0.25) is 0 Å². The van der Waals surface area contributed by atoms with Gasteiger partial charge in [0.15, 0.2) is 0 Å². The first-order valence-corrected chi connectivity index (χ1v) is 6.49. The number of nitrogens with two attached hydrogens (primary N) is 1. The van der Waals surface area contributed by atoms with Gasteiger partial charge in [0, 0.05) is 24.0 Å². The smallest absolute Gasteiger partial charge is 0.337 e. The third-order valence-corrected chi connectivity index (χ3v) is 3.65. The Morgan fingerprint density at radius 2 is 2.17 bits per heavy atom. The molecule has 18 heavy (non-hydrogen) atoms. The average molecular weight is 248 g/mol. The minimum atomic E-state index is -0.961. The van der Waals surface area contributed by atoms with E-state index in [1.165, 1.54) is 12.8 Å². The number of rotatable bonds is 2. The van der Waals surface area contributed by atoms with Crippen molar-refractivity contribution in [3.05, 3.63) is 23.8 Å². The minimum Gasteiger partial charge on any atom is -0.478 e. The van der Waals surface area contributed by atoms with Crippen molar-refractivity contribution in [2.75, 3.05) is 17.2 Å². The van der Waals surface area contributed by atoms with Gasteiger partial charge in [-0.15, -0.1) is 0 Å². The predicted molar refractivity (Wildman–Crippen MR) is 73.1 cm³/mol. The molecule has 0 saturated carbocycles. The van der Waals surface area contributed by atoms with E-state index in [1.807, 2.05) is 6.07 Å². The van der Waals surface area contributed by atoms with Crippen molar-refractivity contribution in [2.24, 2.45) is 0 Å². The van der Waals surface area contributed by atoms with E-state index < -0.39 is 5.97 Å². The van der Waals surface area contributed by atoms with Crippen LogP contribution in [0.2, 0.25) is 0 Å². The number of anilines is 2. The van der Waals surface area contributed by atoms with E-state index >= 15 is 0 Å². The normalized spacial score (nSPS) is 20.5. The maximum Gasteiger partial charge on any atom is 0.337 e. The van der Waals surface area contributed by atoms with E-state index in [4.69, 9.17) is 10.8 Å². The fourth-order valence-electron chi connectivity index (χ4n) is 2.57. The zero-order chi connectivity index (χ0) is 13.1. The highest BCUT2D eigenvalue weighted by atomic mass is 16.4. The Morgan fingerprint density at radius 3 is 2.89 bits per heavy atom. The molecule has 0 aliphatic carbocycles. The molecular weight excluding hydrogens is 228 g/mol. The lowest BCUT2D eigenvalue weighted by Gasteiger charge is -2.29. The molecule has 0 radical (unpaired) electrons. The quantitative estimate of drug-likeness (QED) is 0.790. The van der Waals surface area contributed by atoms with Crippen LogP contribution in [0.3, 0.4) is 0 Å². The summed E-state index contributed by atoms with van der Waals surface area (Å²) in [5, 5.41) is 9.11. The van der Waals surface area contributed by atoms with Crippen molar-refractivity contribution < 1.29 is 9.90 Å². The molecule has 2 rings (SSSR count). The van der Waals surface area contributed by atoms with Crippen LogP contribution in [-0.2, 0) is 0 Å². The third kappa shape index (κ3) is 2.58. The van der Waals surface area contributed by atoms with Gasteiger partial charge in [0.05, 0.1) is 5.56 Å². The number of hydrogen-bond acceptors (Lipinski definition) is 3. The summed E-state index contributed by atoms with van der Waals surface area (Å²) in [4.78, 5) is 13.4. The fraction of sp³-hybridized carbons (Fsp3) is 0.500. The van der Waals surface area contributed by atoms with Crippen LogP contribution in [0.1, 0.15) is 43.0 Å². The van der Waals surface area contributed by atoms with Crippen molar-refractivity contribution in [3.63, 3.8) is 0 Å². The minimum absolute atomic E-state index is 0.198. The Bertz CT molecular complexity index is 445. The molecule has 1 saturated heterocycles. The maximum atomic E-state index is 11.1. The number of hydrogen-bond donors (Lipinski definition) is 2. The average Bonchev–Trinajstić information content (AvgIpc) is 2.54. The third-order valence-electron chi connectivity index (χ3n) is 3.65. The molecule has 0 amide bonds. The number of benzene rings is 1. The van der Waals surface area contributed by atoms with Gasteiger partial charge in [-0.2, -0.15) is 0 Å². The molecule has 0 spiro atoms. The fourth-order valence-corrected chi connectivity index (χ4v) is 2.57. The second-order valence-electron chi connectivity index (χ2n) is 4.97. The maximum absolute atomic E-state index is 11.1. The number of nitrogen functional groups attached to an aromatic ring is 1. The molecule has 4 nitrogen and oxygen atoms in total. The van der Waals surface area contributed by atoms with Crippen LogP contribution in [0.25, 0.3) is 0 Å². The van der Waals surface area contributed by atoms with Crippen molar-refractivity contribution in [1.82, 2.24) is 0 Å². The summed E-state index contributed by atoms with van der Waals surface area (Å²) in [5.74, 6) is -0.961. The van der Waals surface area contributed by atoms with Crippen molar-refractivity contribution >= 4 is 17.3 Å². The molecule has 3 N–H and O–H groups in total. The van der Waals surface area contributed by atoms with Gasteiger partial charge in [-0.1, -0.05) is 12.8 Å². The molecule has 0 bridgehead atoms. The highest BCUT2D eigenvalue weighted by molar-refractivity contribution is 5.94. The highest BCUT2D eigenvalue weighted by Crippen LogP contribution is 2.27. The van der Waals surface area contributed by atoms with Crippen LogP contribution in [0.5, 0.6) is 0 Å². The first-order chi connectivity index (χ1) is 8.59. The largest absolute Gasteiger partial charge is 0.478 e. The number of carbonyl (C=O) groups is 1. The van der Waals surface area contributed by atoms with Gasteiger partial charge >= 0.3 is 5.97 Å². The number of aromatic carboxylic acids is 1. The lowest BCUT2D eigenvalue weighted by atomic mass is 10.1. The van der Waals surface area contributed by atoms with Crippen LogP contribution in [0.15, 0.2) is 18.2 Å². The SMILES string of the molecule is CC1CCCCCN1c1ccc(N)c(C(=O)O)c1. The Labute approximate surface area is 107 Å². The molecule has 1 aliphatic rings. The van der Waals surface area contributed by atoms with E-state index in [-0.39, 0.29) is 5.56 Å². The van der Waals surface area contributed by atoms with Gasteiger partial charge in [-0.3, -0.25) is 0 Å². The van der Waals surface area contributed by atoms with Crippen LogP contribution < -0.4 is 10.6 Å². The Balaban J connectivity index is 2.31. The van der Waals surface area contributed by atoms with Crippen molar-refractivity contribution in [1.29, 1.82) is 0 Å². The molecule has 1 aromatic carbocycles. The molecule has 98 valence electrons. The van der Waals surface area contributed by atoms with Crippen LogP contribution >= 0.6 is 0 Å². The molecule has 1 atom stereocenters. The van der Waals surface area contributed by atoms with Crippen LogP contribution in [0.4, 0.5) is 11.4 Å². The number of carboxylic acid groups (broad SMARTS) is 1. The highest BCUT2D eigenvalue weighted by Gasteiger charge is 2.19. The summed E-state index contributed by atoms with van der Waals surface area (Å²) >= 11 is 0. The second-order valence-corrected chi connectivity index (χ2v) is 4.97. The molecule has 1 fully saturated rings. The van der Waals surface area contributed by atoms with Crippen LogP contribution in [-0.4, -0.2) is 23.7 Å². The van der Waals surface area contributed by atoms with E-state index in [0.717, 1.165) is 25.1 Å². The monoisotopic (exact) mass is 248 g/mol. The zero-order valence-corrected chi connectivity index (χ0v) is 10.7. The van der Waals surface area contributed by atoms with E-state index in [0.29, 0.717) is 11.7 Å². The number of carboxylic acids is 1. The van der Waals surface area contributed by atoms with Crippen molar-refractivity contribution in [2.45, 2.75) is 38.6 Å². The standard InChI is InChI=1S/C14H20N2O2/c1-10-5-3-2-4-8-16(10)11-6-7-13(15)12(9-11)14(17)18/h6-7,9-10H,2-5,8,15H2,1H3,(H,17,18). The molecular formula is C14H20N2O2. The zero-order valence-electron chi connectivity index (χ0n) is 10.7. The first kappa shape index (κ1) is 12.7. The van der Waals surface area contributed by atoms with Gasteiger partial charge in [0.25, 0.3) is 0 Å². The lowest BCUT2D eigenvalue weighted by Crippen LogP contribution is -2.32. The summed E-state index contributed by atoms with van der Waals surface area (Å²) in [6.45, 7) is 3.19. The van der Waals surface area contributed by atoms with E-state index in [2.05, 4.69) is 11.8 Å². The Morgan fingerprint density at radius 1 is 1.39 bits per heavy atom. The summed E-state index contributed by atoms with van der Waals surface area (Å²) in [6, 6.07) is 5.76. The molecule has 4 heteroatoms. The second kappa shape index (κ2) is 5.29. The molecule has 1 aromatic rings. The topological polar surface area (TPSA) is 66.6 Å². The molecule has 1 heterocycles. The number of nitrogens with zero attached hydrogens (tertiary/aromatic N) is 1. The van der Waals surface area contributed by atoms with Gasteiger partial charge in [-0.05, 0) is 38.0 Å². The predicted octanol–water partition coefficient (Wildman–Crippen LogP) is 2.74. The summed E-state index contributed by atoms with van der Waals surface area (Å²) in [6.07, 6.45) is 4.82. The van der Waals surface area contributed by atoms with Gasteiger partial charge in [-0.25, -0.2) is 4.79 Å².